The van der Waals surface area contributed by atoms with Gasteiger partial charge >= 0.3 is 0 Å². The lowest BCUT2D eigenvalue weighted by Gasteiger charge is -2.16. The Bertz CT molecular complexity index is 233. The number of guanidine groups is 1. The molecule has 1 aliphatic rings. The van der Waals surface area contributed by atoms with Crippen molar-refractivity contribution in [3.63, 3.8) is 0 Å². The van der Waals surface area contributed by atoms with Gasteiger partial charge in [0.25, 0.3) is 0 Å². The Morgan fingerprint density at radius 3 is 2.61 bits per heavy atom. The van der Waals surface area contributed by atoms with Gasteiger partial charge in [-0.25, -0.2) is 0 Å². The van der Waals surface area contributed by atoms with Crippen LogP contribution in [0.25, 0.3) is 0 Å². The number of nitrogens with one attached hydrogen (secondary N) is 2. The van der Waals surface area contributed by atoms with Gasteiger partial charge in [0.15, 0.2) is 5.96 Å². The first-order valence-electron chi connectivity index (χ1n) is 7.43. The average Bonchev–Trinajstić information content (AvgIpc) is 2.90. The van der Waals surface area contributed by atoms with Crippen LogP contribution >= 0.6 is 11.8 Å². The van der Waals surface area contributed by atoms with Crippen LogP contribution in [0.2, 0.25) is 0 Å². The number of hydrogen-bond donors (Lipinski definition) is 2. The molecule has 0 bridgehead atoms. The van der Waals surface area contributed by atoms with Crippen molar-refractivity contribution in [3.8, 4) is 0 Å². The molecule has 1 fully saturated rings. The van der Waals surface area contributed by atoms with Gasteiger partial charge in [0, 0.05) is 24.9 Å². The molecule has 0 amide bonds. The van der Waals surface area contributed by atoms with E-state index < -0.39 is 0 Å². The minimum Gasteiger partial charge on any atom is -0.357 e. The zero-order valence-electron chi connectivity index (χ0n) is 12.2. The van der Waals surface area contributed by atoms with E-state index >= 15 is 0 Å². The lowest BCUT2D eigenvalue weighted by Crippen LogP contribution is -2.40. The maximum atomic E-state index is 4.70. The highest BCUT2D eigenvalue weighted by atomic mass is 32.2. The molecule has 0 aromatic carbocycles. The molecule has 18 heavy (non-hydrogen) atoms. The topological polar surface area (TPSA) is 36.4 Å². The quantitative estimate of drug-likeness (QED) is 0.552. The number of thioether (sulfide) groups is 1. The highest BCUT2D eigenvalue weighted by molar-refractivity contribution is 8.00. The summed E-state index contributed by atoms with van der Waals surface area (Å²) >= 11 is 2.09. The second kappa shape index (κ2) is 9.54. The summed E-state index contributed by atoms with van der Waals surface area (Å²) < 4.78 is 0. The lowest BCUT2D eigenvalue weighted by atomic mass is 10.0. The fourth-order valence-electron chi connectivity index (χ4n) is 2.12. The van der Waals surface area contributed by atoms with E-state index in [2.05, 4.69) is 43.2 Å². The monoisotopic (exact) mass is 271 g/mol. The summed E-state index contributed by atoms with van der Waals surface area (Å²) in [4.78, 5) is 4.70. The number of aliphatic imine (C=N–C) groups is 1. The molecule has 1 rings (SSSR count). The van der Waals surface area contributed by atoms with Gasteiger partial charge in [0.2, 0.25) is 0 Å². The zero-order chi connectivity index (χ0) is 13.2. The molecule has 1 heterocycles. The van der Waals surface area contributed by atoms with Crippen molar-refractivity contribution in [2.75, 3.05) is 25.4 Å². The fraction of sp³-hybridized carbons (Fsp3) is 0.929. The van der Waals surface area contributed by atoms with E-state index in [0.29, 0.717) is 0 Å². The number of hydrogen-bond acceptors (Lipinski definition) is 2. The third kappa shape index (κ3) is 5.98. The Labute approximate surface area is 117 Å². The van der Waals surface area contributed by atoms with Crippen molar-refractivity contribution in [1.82, 2.24) is 10.6 Å². The van der Waals surface area contributed by atoms with Crippen LogP contribution in [0.4, 0.5) is 0 Å². The molecule has 2 N–H and O–H groups in total. The minimum absolute atomic E-state index is 0.723. The van der Waals surface area contributed by atoms with E-state index in [9.17, 15) is 0 Å². The maximum absolute atomic E-state index is 4.70. The van der Waals surface area contributed by atoms with Crippen LogP contribution in [0.1, 0.15) is 46.5 Å². The van der Waals surface area contributed by atoms with E-state index in [1.807, 2.05) is 0 Å². The average molecular weight is 271 g/mol. The van der Waals surface area contributed by atoms with E-state index in [4.69, 9.17) is 4.99 Å². The summed E-state index contributed by atoms with van der Waals surface area (Å²) in [6.07, 6.45) is 5.16. The molecule has 0 aromatic rings. The van der Waals surface area contributed by atoms with Gasteiger partial charge < -0.3 is 10.6 Å². The standard InChI is InChI=1S/C14H29N3S/c1-4-12(5-2)10-16-14(15-6-3)17-11-13-8-7-9-18-13/h12-13H,4-11H2,1-3H3,(H2,15,16,17). The summed E-state index contributed by atoms with van der Waals surface area (Å²) in [6, 6.07) is 0. The van der Waals surface area contributed by atoms with Gasteiger partial charge in [-0.05, 0) is 31.4 Å². The predicted octanol–water partition coefficient (Wildman–Crippen LogP) is 2.87. The van der Waals surface area contributed by atoms with Gasteiger partial charge in [0.05, 0.1) is 0 Å². The van der Waals surface area contributed by atoms with Crippen LogP contribution in [0.5, 0.6) is 0 Å². The first kappa shape index (κ1) is 15.7. The molecule has 0 radical (unpaired) electrons. The van der Waals surface area contributed by atoms with E-state index in [-0.39, 0.29) is 0 Å². The zero-order valence-corrected chi connectivity index (χ0v) is 13.0. The third-order valence-corrected chi connectivity index (χ3v) is 4.93. The van der Waals surface area contributed by atoms with Crippen molar-refractivity contribution in [2.24, 2.45) is 10.9 Å². The highest BCUT2D eigenvalue weighted by Gasteiger charge is 2.15. The minimum atomic E-state index is 0.723. The van der Waals surface area contributed by atoms with E-state index in [1.165, 1.54) is 31.4 Å². The third-order valence-electron chi connectivity index (χ3n) is 3.53. The number of nitrogens with zero attached hydrogens (tertiary/aromatic N) is 1. The normalized spacial score (nSPS) is 20.4. The van der Waals surface area contributed by atoms with Gasteiger partial charge in [-0.15, -0.1) is 0 Å². The van der Waals surface area contributed by atoms with Crippen molar-refractivity contribution in [2.45, 2.75) is 51.7 Å². The van der Waals surface area contributed by atoms with Crippen molar-refractivity contribution in [1.29, 1.82) is 0 Å². The molecule has 0 saturated carbocycles. The summed E-state index contributed by atoms with van der Waals surface area (Å²) in [6.45, 7) is 9.56. The van der Waals surface area contributed by atoms with Crippen LogP contribution in [-0.2, 0) is 0 Å². The molecule has 1 unspecified atom stereocenters. The second-order valence-electron chi connectivity index (χ2n) is 4.92. The Kier molecular flexibility index (Phi) is 8.31. The van der Waals surface area contributed by atoms with Crippen molar-refractivity contribution >= 4 is 17.7 Å². The molecule has 1 saturated heterocycles. The number of rotatable bonds is 7. The second-order valence-corrected chi connectivity index (χ2v) is 6.33. The summed E-state index contributed by atoms with van der Waals surface area (Å²) in [7, 11) is 0. The molecule has 3 nitrogen and oxygen atoms in total. The summed E-state index contributed by atoms with van der Waals surface area (Å²) in [5, 5.41) is 7.60. The molecular formula is C14H29N3S. The maximum Gasteiger partial charge on any atom is 0.191 e. The Hall–Kier alpha value is -0.380. The van der Waals surface area contributed by atoms with E-state index in [0.717, 1.165) is 36.8 Å². The molecule has 1 aliphatic heterocycles. The van der Waals surface area contributed by atoms with Gasteiger partial charge in [-0.2, -0.15) is 11.8 Å². The molecule has 106 valence electrons. The van der Waals surface area contributed by atoms with Crippen molar-refractivity contribution < 1.29 is 0 Å². The first-order valence-corrected chi connectivity index (χ1v) is 8.48. The van der Waals surface area contributed by atoms with Crippen LogP contribution in [0.15, 0.2) is 4.99 Å². The molecule has 0 aromatic heterocycles. The van der Waals surface area contributed by atoms with Gasteiger partial charge in [-0.3, -0.25) is 4.99 Å². The van der Waals surface area contributed by atoms with Crippen molar-refractivity contribution in [3.05, 3.63) is 0 Å². The Morgan fingerprint density at radius 1 is 1.28 bits per heavy atom. The van der Waals surface area contributed by atoms with Crippen LogP contribution in [-0.4, -0.2) is 36.6 Å². The molecule has 0 spiro atoms. The fourth-order valence-corrected chi connectivity index (χ4v) is 3.33. The SMILES string of the molecule is CCNC(=NCC(CC)CC)NCC1CCCS1. The largest absolute Gasteiger partial charge is 0.357 e. The van der Waals surface area contributed by atoms with Gasteiger partial charge in [-0.1, -0.05) is 26.7 Å². The van der Waals surface area contributed by atoms with Crippen LogP contribution < -0.4 is 10.6 Å². The lowest BCUT2D eigenvalue weighted by molar-refractivity contribution is 0.504. The summed E-state index contributed by atoms with van der Waals surface area (Å²) in [5.41, 5.74) is 0. The first-order chi connectivity index (χ1) is 8.80. The molecule has 1 atom stereocenters. The molecule has 0 aliphatic carbocycles. The Morgan fingerprint density at radius 2 is 2.06 bits per heavy atom. The highest BCUT2D eigenvalue weighted by Crippen LogP contribution is 2.25. The Balaban J connectivity index is 2.34. The molecular weight excluding hydrogens is 242 g/mol. The van der Waals surface area contributed by atoms with Crippen LogP contribution in [0.3, 0.4) is 0 Å². The predicted molar refractivity (Wildman–Crippen MR) is 83.5 cm³/mol. The van der Waals surface area contributed by atoms with Gasteiger partial charge in [0.1, 0.15) is 0 Å². The smallest absolute Gasteiger partial charge is 0.191 e. The molecule has 4 heteroatoms. The summed E-state index contributed by atoms with van der Waals surface area (Å²) in [5.74, 6) is 3.05. The van der Waals surface area contributed by atoms with Crippen LogP contribution in [0, 0.1) is 5.92 Å². The van der Waals surface area contributed by atoms with E-state index in [1.54, 1.807) is 0 Å².